The largest absolute Gasteiger partial charge is 0.387 e. The van der Waals surface area contributed by atoms with Crippen molar-refractivity contribution in [3.63, 3.8) is 0 Å². The van der Waals surface area contributed by atoms with E-state index in [1.165, 1.54) is 36.4 Å². The molecule has 2 aromatic carbocycles. The molecule has 2 N–H and O–H groups in total. The summed E-state index contributed by atoms with van der Waals surface area (Å²) in [6, 6.07) is 9.79. The van der Waals surface area contributed by atoms with E-state index in [-0.39, 0.29) is 15.4 Å². The minimum absolute atomic E-state index is 0.0406. The fourth-order valence-electron chi connectivity index (χ4n) is 2.31. The molecule has 0 spiro atoms. The summed E-state index contributed by atoms with van der Waals surface area (Å²) in [4.78, 5) is 0.00617. The van der Waals surface area contributed by atoms with Crippen LogP contribution in [0.25, 0.3) is 0 Å². The number of aliphatic hydroxyl groups is 1. The summed E-state index contributed by atoms with van der Waals surface area (Å²) in [5.41, 5.74) is 1.07. The molecular weight excluding hydrogens is 381 g/mol. The lowest BCUT2D eigenvalue weighted by Crippen LogP contribution is -2.40. The summed E-state index contributed by atoms with van der Waals surface area (Å²) in [5.74, 6) is 0. The van der Waals surface area contributed by atoms with Gasteiger partial charge in [0.15, 0.2) is 9.84 Å². The van der Waals surface area contributed by atoms with Gasteiger partial charge in [0.25, 0.3) is 0 Å². The molecule has 0 heterocycles. The van der Waals surface area contributed by atoms with E-state index >= 15 is 0 Å². The van der Waals surface area contributed by atoms with E-state index in [0.29, 0.717) is 0 Å². The van der Waals surface area contributed by atoms with Crippen LogP contribution in [-0.2, 0) is 19.9 Å². The Bertz CT molecular complexity index is 955. The second kappa shape index (κ2) is 7.83. The van der Waals surface area contributed by atoms with Gasteiger partial charge in [-0.15, -0.1) is 0 Å². The molecule has 142 valence electrons. The van der Waals surface area contributed by atoms with Crippen LogP contribution >= 0.6 is 0 Å². The lowest BCUT2D eigenvalue weighted by molar-refractivity contribution is 0.124. The van der Waals surface area contributed by atoms with Gasteiger partial charge in [0.05, 0.1) is 21.9 Å². The maximum absolute atomic E-state index is 13.4. The molecule has 0 aliphatic carbocycles. The lowest BCUT2D eigenvalue weighted by atomic mass is 10.0. The summed E-state index contributed by atoms with van der Waals surface area (Å²) in [7, 11) is -7.43. The molecule has 2 rings (SSSR count). The van der Waals surface area contributed by atoms with Gasteiger partial charge < -0.3 is 5.11 Å². The van der Waals surface area contributed by atoms with Gasteiger partial charge in [-0.1, -0.05) is 29.8 Å². The highest BCUT2D eigenvalue weighted by molar-refractivity contribution is 7.90. The minimum Gasteiger partial charge on any atom is -0.387 e. The number of sulfone groups is 1. The molecule has 0 aliphatic heterocycles. The fourth-order valence-corrected chi connectivity index (χ4v) is 4.16. The predicted octanol–water partition coefficient (Wildman–Crippen LogP) is 1.75. The Kier molecular flexibility index (Phi) is 6.17. The molecular formula is C17H20FNO5S2. The third-order valence-electron chi connectivity index (χ3n) is 3.83. The number of hydrogen-bond acceptors (Lipinski definition) is 5. The molecule has 2 aromatic rings. The summed E-state index contributed by atoms with van der Waals surface area (Å²) in [5, 5.41) is 10.3. The second-order valence-corrected chi connectivity index (χ2v) is 9.71. The van der Waals surface area contributed by atoms with Crippen molar-refractivity contribution in [2.75, 3.05) is 12.9 Å². The van der Waals surface area contributed by atoms with Crippen LogP contribution < -0.4 is 4.72 Å². The summed E-state index contributed by atoms with van der Waals surface area (Å²) in [6.07, 6.45) is -0.438. The molecule has 0 bridgehead atoms. The molecule has 9 heteroatoms. The number of rotatable bonds is 7. The molecule has 0 unspecified atom stereocenters. The highest BCUT2D eigenvalue weighted by Crippen LogP contribution is 2.21. The van der Waals surface area contributed by atoms with Gasteiger partial charge in [0.1, 0.15) is 6.67 Å². The van der Waals surface area contributed by atoms with Crippen LogP contribution in [0.3, 0.4) is 0 Å². The Labute approximate surface area is 152 Å². The Morgan fingerprint density at radius 3 is 1.92 bits per heavy atom. The van der Waals surface area contributed by atoms with Crippen molar-refractivity contribution >= 4 is 19.9 Å². The normalized spacial score (nSPS) is 14.8. The van der Waals surface area contributed by atoms with Crippen molar-refractivity contribution in [1.82, 2.24) is 4.72 Å². The lowest BCUT2D eigenvalue weighted by Gasteiger charge is -2.22. The average molecular weight is 401 g/mol. The molecule has 0 amide bonds. The average Bonchev–Trinajstić information content (AvgIpc) is 2.59. The van der Waals surface area contributed by atoms with Crippen molar-refractivity contribution in [2.45, 2.75) is 28.9 Å². The van der Waals surface area contributed by atoms with E-state index < -0.39 is 38.7 Å². The van der Waals surface area contributed by atoms with Crippen LogP contribution in [0.4, 0.5) is 4.39 Å². The predicted molar refractivity (Wildman–Crippen MR) is 95.8 cm³/mol. The standard InChI is InChI=1S/C17H20FNO5S2/c1-12-3-7-15(8-4-12)26(23,24)19-16(11-18)17(20)13-5-9-14(10-6-13)25(2,21)22/h3-10,16-17,19-20H,11H2,1-2H3/t16-,17-/m1/s1. The number of aryl methyl sites for hydroxylation is 1. The van der Waals surface area contributed by atoms with Gasteiger partial charge >= 0.3 is 0 Å². The Morgan fingerprint density at radius 1 is 0.962 bits per heavy atom. The van der Waals surface area contributed by atoms with Crippen molar-refractivity contribution in [3.8, 4) is 0 Å². The number of alkyl halides is 1. The topological polar surface area (TPSA) is 101 Å². The van der Waals surface area contributed by atoms with Gasteiger partial charge in [-0.3, -0.25) is 0 Å². The Balaban J connectivity index is 2.23. The van der Waals surface area contributed by atoms with E-state index in [4.69, 9.17) is 0 Å². The number of aliphatic hydroxyl groups excluding tert-OH is 1. The maximum Gasteiger partial charge on any atom is 0.241 e. The SMILES string of the molecule is Cc1ccc(S(=O)(=O)N[C@H](CF)[C@H](O)c2ccc(S(C)(=O)=O)cc2)cc1. The van der Waals surface area contributed by atoms with Crippen LogP contribution in [0.1, 0.15) is 17.2 Å². The molecule has 2 atom stereocenters. The number of benzene rings is 2. The first kappa shape index (κ1) is 20.5. The third kappa shape index (κ3) is 4.88. The Morgan fingerprint density at radius 2 is 1.46 bits per heavy atom. The molecule has 0 fully saturated rings. The summed E-state index contributed by atoms with van der Waals surface area (Å²) in [6.45, 7) is 0.665. The zero-order chi connectivity index (χ0) is 19.5. The molecule has 0 aliphatic rings. The smallest absolute Gasteiger partial charge is 0.241 e. The fraction of sp³-hybridized carbons (Fsp3) is 0.294. The van der Waals surface area contributed by atoms with E-state index in [9.17, 15) is 26.3 Å². The molecule has 0 saturated carbocycles. The van der Waals surface area contributed by atoms with E-state index in [1.54, 1.807) is 19.1 Å². The van der Waals surface area contributed by atoms with Gasteiger partial charge in [-0.25, -0.2) is 25.9 Å². The molecule has 26 heavy (non-hydrogen) atoms. The number of sulfonamides is 1. The maximum atomic E-state index is 13.4. The quantitative estimate of drug-likeness (QED) is 0.736. The van der Waals surface area contributed by atoms with Gasteiger partial charge in [-0.2, -0.15) is 0 Å². The first-order valence-electron chi connectivity index (χ1n) is 7.67. The highest BCUT2D eigenvalue weighted by Gasteiger charge is 2.27. The van der Waals surface area contributed by atoms with Gasteiger partial charge in [0, 0.05) is 6.26 Å². The van der Waals surface area contributed by atoms with E-state index in [0.717, 1.165) is 11.8 Å². The number of hydrogen-bond donors (Lipinski definition) is 2. The Hall–Kier alpha value is -1.81. The highest BCUT2D eigenvalue weighted by atomic mass is 32.2. The van der Waals surface area contributed by atoms with Crippen molar-refractivity contribution in [3.05, 3.63) is 59.7 Å². The first-order chi connectivity index (χ1) is 12.0. The van der Waals surface area contributed by atoms with Crippen LogP contribution in [0.15, 0.2) is 58.3 Å². The van der Waals surface area contributed by atoms with Crippen molar-refractivity contribution < 1.29 is 26.3 Å². The van der Waals surface area contributed by atoms with Crippen LogP contribution in [0.2, 0.25) is 0 Å². The van der Waals surface area contributed by atoms with Crippen molar-refractivity contribution in [1.29, 1.82) is 0 Å². The summed E-state index contributed by atoms with van der Waals surface area (Å²) >= 11 is 0. The van der Waals surface area contributed by atoms with E-state index in [1.807, 2.05) is 0 Å². The van der Waals surface area contributed by atoms with Crippen LogP contribution in [0, 0.1) is 6.92 Å². The molecule has 0 radical (unpaired) electrons. The van der Waals surface area contributed by atoms with E-state index in [2.05, 4.69) is 4.72 Å². The summed E-state index contributed by atoms with van der Waals surface area (Å²) < 4.78 is 63.2. The van der Waals surface area contributed by atoms with Crippen molar-refractivity contribution in [2.24, 2.45) is 0 Å². The molecule has 6 nitrogen and oxygen atoms in total. The third-order valence-corrected chi connectivity index (χ3v) is 6.47. The first-order valence-corrected chi connectivity index (χ1v) is 11.0. The molecule has 0 saturated heterocycles. The minimum atomic E-state index is -4.02. The number of halogens is 1. The van der Waals surface area contributed by atoms with Gasteiger partial charge in [-0.05, 0) is 36.8 Å². The zero-order valence-electron chi connectivity index (χ0n) is 14.3. The van der Waals surface area contributed by atoms with Crippen LogP contribution in [-0.4, -0.2) is 40.9 Å². The monoisotopic (exact) mass is 401 g/mol. The van der Waals surface area contributed by atoms with Gasteiger partial charge in [0.2, 0.25) is 10.0 Å². The molecule has 0 aromatic heterocycles. The van der Waals surface area contributed by atoms with Crippen LogP contribution in [0.5, 0.6) is 0 Å². The second-order valence-electron chi connectivity index (χ2n) is 5.98. The zero-order valence-corrected chi connectivity index (χ0v) is 15.9. The number of nitrogens with one attached hydrogen (secondary N) is 1.